The molecule has 4 nitrogen and oxygen atoms in total. The van der Waals surface area contributed by atoms with Gasteiger partial charge in [0, 0.05) is 30.9 Å². The minimum atomic E-state index is 0.665. The first kappa shape index (κ1) is 14.0. The van der Waals surface area contributed by atoms with Gasteiger partial charge in [0.25, 0.3) is 0 Å². The molecule has 0 spiro atoms. The van der Waals surface area contributed by atoms with Crippen LogP contribution in [0.15, 0.2) is 18.2 Å². The van der Waals surface area contributed by atoms with Gasteiger partial charge in [-0.25, -0.2) is 0 Å². The van der Waals surface area contributed by atoms with Crippen molar-refractivity contribution in [3.05, 3.63) is 18.2 Å². The van der Waals surface area contributed by atoms with Crippen molar-refractivity contribution in [3.63, 3.8) is 0 Å². The topological polar surface area (TPSA) is 41.7 Å². The number of ether oxygens (including phenoxy) is 1. The molecule has 2 rings (SSSR count). The molecular weight excluding hydrogens is 238 g/mol. The average molecular weight is 263 g/mol. The number of anilines is 2. The smallest absolute Gasteiger partial charge is 0.143 e. The zero-order valence-corrected chi connectivity index (χ0v) is 12.2. The second kappa shape index (κ2) is 6.15. The highest BCUT2D eigenvalue weighted by Gasteiger charge is 2.26. The SMILES string of the molecule is CCN(CC)C1CCN(c2ccc(N)c(OC)c2)C1. The van der Waals surface area contributed by atoms with Gasteiger partial charge in [-0.15, -0.1) is 0 Å². The summed E-state index contributed by atoms with van der Waals surface area (Å²) < 4.78 is 5.30. The van der Waals surface area contributed by atoms with Crippen molar-refractivity contribution in [1.82, 2.24) is 4.90 Å². The Morgan fingerprint density at radius 2 is 2.11 bits per heavy atom. The van der Waals surface area contributed by atoms with E-state index < -0.39 is 0 Å². The second-order valence-corrected chi connectivity index (χ2v) is 5.04. The van der Waals surface area contributed by atoms with Gasteiger partial charge in [0.15, 0.2) is 0 Å². The third-order valence-electron chi connectivity index (χ3n) is 4.07. The highest BCUT2D eigenvalue weighted by atomic mass is 16.5. The van der Waals surface area contributed by atoms with E-state index in [0.29, 0.717) is 11.7 Å². The van der Waals surface area contributed by atoms with Crippen LogP contribution in [0.25, 0.3) is 0 Å². The normalized spacial score (nSPS) is 19.2. The number of hydrogen-bond donors (Lipinski definition) is 1. The average Bonchev–Trinajstić information content (AvgIpc) is 2.90. The molecule has 19 heavy (non-hydrogen) atoms. The van der Waals surface area contributed by atoms with Crippen LogP contribution in [0.5, 0.6) is 5.75 Å². The second-order valence-electron chi connectivity index (χ2n) is 5.04. The summed E-state index contributed by atoms with van der Waals surface area (Å²) in [6, 6.07) is 6.72. The van der Waals surface area contributed by atoms with E-state index in [0.717, 1.165) is 31.9 Å². The minimum absolute atomic E-state index is 0.665. The Kier molecular flexibility index (Phi) is 4.53. The Morgan fingerprint density at radius 1 is 1.37 bits per heavy atom. The first-order valence-corrected chi connectivity index (χ1v) is 7.12. The van der Waals surface area contributed by atoms with Crippen LogP contribution in [0.3, 0.4) is 0 Å². The minimum Gasteiger partial charge on any atom is -0.495 e. The number of nitrogens with two attached hydrogens (primary N) is 1. The molecule has 2 N–H and O–H groups in total. The summed E-state index contributed by atoms with van der Waals surface area (Å²) in [5.74, 6) is 0.767. The molecule has 1 aromatic rings. The molecule has 0 radical (unpaired) electrons. The third-order valence-corrected chi connectivity index (χ3v) is 4.07. The van der Waals surface area contributed by atoms with Gasteiger partial charge in [-0.1, -0.05) is 13.8 Å². The van der Waals surface area contributed by atoms with Crippen LogP contribution in [-0.4, -0.2) is 44.2 Å². The van der Waals surface area contributed by atoms with Crippen molar-refractivity contribution in [2.24, 2.45) is 0 Å². The zero-order chi connectivity index (χ0) is 13.8. The molecule has 0 saturated carbocycles. The molecule has 1 heterocycles. The molecule has 1 atom stereocenters. The number of hydrogen-bond acceptors (Lipinski definition) is 4. The van der Waals surface area contributed by atoms with E-state index in [9.17, 15) is 0 Å². The van der Waals surface area contributed by atoms with Crippen LogP contribution < -0.4 is 15.4 Å². The summed E-state index contributed by atoms with van der Waals surface area (Å²) in [4.78, 5) is 4.96. The van der Waals surface area contributed by atoms with Crippen molar-refractivity contribution in [2.75, 3.05) is 43.9 Å². The summed E-state index contributed by atoms with van der Waals surface area (Å²) in [5, 5.41) is 0. The highest BCUT2D eigenvalue weighted by Crippen LogP contribution is 2.30. The molecule has 1 unspecified atom stereocenters. The van der Waals surface area contributed by atoms with Gasteiger partial charge >= 0.3 is 0 Å². The quantitative estimate of drug-likeness (QED) is 0.827. The third kappa shape index (κ3) is 2.95. The number of benzene rings is 1. The fourth-order valence-electron chi connectivity index (χ4n) is 2.91. The number of rotatable bonds is 5. The molecule has 0 amide bonds. The number of nitrogens with zero attached hydrogens (tertiary/aromatic N) is 2. The fraction of sp³-hybridized carbons (Fsp3) is 0.600. The van der Waals surface area contributed by atoms with E-state index in [4.69, 9.17) is 10.5 Å². The lowest BCUT2D eigenvalue weighted by Crippen LogP contribution is -2.37. The van der Waals surface area contributed by atoms with Crippen molar-refractivity contribution in [1.29, 1.82) is 0 Å². The van der Waals surface area contributed by atoms with Gasteiger partial charge in [-0.3, -0.25) is 4.90 Å². The van der Waals surface area contributed by atoms with Crippen LogP contribution in [0.1, 0.15) is 20.3 Å². The summed E-state index contributed by atoms with van der Waals surface area (Å²) in [7, 11) is 1.66. The van der Waals surface area contributed by atoms with Gasteiger partial charge in [-0.05, 0) is 31.6 Å². The molecule has 106 valence electrons. The Labute approximate surface area is 116 Å². The Bertz CT molecular complexity index is 418. The zero-order valence-electron chi connectivity index (χ0n) is 12.2. The van der Waals surface area contributed by atoms with E-state index >= 15 is 0 Å². The molecule has 1 aromatic carbocycles. The van der Waals surface area contributed by atoms with Crippen LogP contribution in [0, 0.1) is 0 Å². The molecule has 0 aromatic heterocycles. The molecule has 0 bridgehead atoms. The predicted octanol–water partition coefficient (Wildman–Crippen LogP) is 2.20. The van der Waals surface area contributed by atoms with Crippen LogP contribution in [0.2, 0.25) is 0 Å². The lowest BCUT2D eigenvalue weighted by molar-refractivity contribution is 0.232. The predicted molar refractivity (Wildman–Crippen MR) is 80.9 cm³/mol. The van der Waals surface area contributed by atoms with E-state index in [1.807, 2.05) is 12.1 Å². The summed E-state index contributed by atoms with van der Waals surface area (Å²) >= 11 is 0. The van der Waals surface area contributed by atoms with E-state index in [2.05, 4.69) is 29.7 Å². The largest absolute Gasteiger partial charge is 0.495 e. The molecule has 1 saturated heterocycles. The maximum atomic E-state index is 5.87. The fourth-order valence-corrected chi connectivity index (χ4v) is 2.91. The van der Waals surface area contributed by atoms with Crippen LogP contribution in [0.4, 0.5) is 11.4 Å². The van der Waals surface area contributed by atoms with Gasteiger partial charge in [0.1, 0.15) is 5.75 Å². The van der Waals surface area contributed by atoms with Crippen molar-refractivity contribution >= 4 is 11.4 Å². The number of likely N-dealkylation sites (N-methyl/N-ethyl adjacent to an activating group) is 1. The highest BCUT2D eigenvalue weighted by molar-refractivity contribution is 5.62. The monoisotopic (exact) mass is 263 g/mol. The number of nitrogen functional groups attached to an aromatic ring is 1. The summed E-state index contributed by atoms with van der Waals surface area (Å²) in [6.07, 6.45) is 1.23. The number of methoxy groups -OCH3 is 1. The van der Waals surface area contributed by atoms with Crippen LogP contribution >= 0.6 is 0 Å². The molecule has 4 heteroatoms. The first-order chi connectivity index (χ1) is 9.19. The Hall–Kier alpha value is -1.42. The Balaban J connectivity index is 2.08. The van der Waals surface area contributed by atoms with Gasteiger partial charge in [0.05, 0.1) is 12.8 Å². The van der Waals surface area contributed by atoms with Gasteiger partial charge < -0.3 is 15.4 Å². The van der Waals surface area contributed by atoms with Gasteiger partial charge in [0.2, 0.25) is 0 Å². The maximum Gasteiger partial charge on any atom is 0.143 e. The van der Waals surface area contributed by atoms with Crippen molar-refractivity contribution in [3.8, 4) is 5.75 Å². The molecule has 1 aliphatic heterocycles. The standard InChI is InChI=1S/C15H25N3O/c1-4-17(5-2)13-8-9-18(11-13)12-6-7-14(16)15(10-12)19-3/h6-7,10,13H,4-5,8-9,11,16H2,1-3H3. The summed E-state index contributed by atoms with van der Waals surface area (Å²) in [5.41, 5.74) is 7.77. The first-order valence-electron chi connectivity index (χ1n) is 7.12. The summed E-state index contributed by atoms with van der Waals surface area (Å²) in [6.45, 7) is 8.92. The lowest BCUT2D eigenvalue weighted by Gasteiger charge is -2.26. The van der Waals surface area contributed by atoms with Crippen molar-refractivity contribution < 1.29 is 4.74 Å². The van der Waals surface area contributed by atoms with E-state index in [1.54, 1.807) is 7.11 Å². The van der Waals surface area contributed by atoms with Crippen LogP contribution in [-0.2, 0) is 0 Å². The molecular formula is C15H25N3O. The molecule has 1 aliphatic rings. The van der Waals surface area contributed by atoms with E-state index in [1.165, 1.54) is 12.1 Å². The maximum absolute atomic E-state index is 5.87. The molecule has 1 fully saturated rings. The van der Waals surface area contributed by atoms with Gasteiger partial charge in [-0.2, -0.15) is 0 Å². The molecule has 0 aliphatic carbocycles. The lowest BCUT2D eigenvalue weighted by atomic mass is 10.2. The van der Waals surface area contributed by atoms with E-state index in [-0.39, 0.29) is 0 Å². The van der Waals surface area contributed by atoms with Crippen molar-refractivity contribution in [2.45, 2.75) is 26.3 Å². The Morgan fingerprint density at radius 3 is 2.74 bits per heavy atom.